The number of carbonyl (C=O) groups is 1. The maximum atomic E-state index is 10.9. The van der Waals surface area contributed by atoms with Crippen LogP contribution in [-0.4, -0.2) is 17.7 Å². The lowest BCUT2D eigenvalue weighted by Crippen LogP contribution is -2.02. The van der Waals surface area contributed by atoms with E-state index in [0.29, 0.717) is 27.4 Å². The molecule has 1 heterocycles. The summed E-state index contributed by atoms with van der Waals surface area (Å²) >= 11 is 7.94. The molecule has 1 aromatic carbocycles. The number of carboxylic acids is 1. The van der Waals surface area contributed by atoms with Crippen molar-refractivity contribution in [3.05, 3.63) is 25.8 Å². The number of benzene rings is 1. The zero-order valence-electron chi connectivity index (χ0n) is 7.01. The first-order chi connectivity index (χ1) is 6.61. The Labute approximate surface area is 99.2 Å². The molecule has 14 heavy (non-hydrogen) atoms. The van der Waals surface area contributed by atoms with Gasteiger partial charge in [-0.25, -0.2) is 4.79 Å². The second-order valence-corrected chi connectivity index (χ2v) is 4.47. The van der Waals surface area contributed by atoms with Gasteiger partial charge in [-0.3, -0.25) is 0 Å². The maximum absolute atomic E-state index is 10.9. The Kier molecular flexibility index (Phi) is 2.57. The molecule has 2 rings (SSSR count). The molecule has 5 heteroatoms. The minimum Gasteiger partial charge on any atom is -0.493 e. The van der Waals surface area contributed by atoms with Crippen LogP contribution in [0, 0.1) is 3.57 Å². The summed E-state index contributed by atoms with van der Waals surface area (Å²) in [4.78, 5) is 10.9. The monoisotopic (exact) mass is 324 g/mol. The van der Waals surface area contributed by atoms with Gasteiger partial charge < -0.3 is 9.84 Å². The summed E-state index contributed by atoms with van der Waals surface area (Å²) in [5.74, 6) is -0.279. The van der Waals surface area contributed by atoms with Crippen molar-refractivity contribution >= 4 is 40.2 Å². The molecule has 1 aliphatic rings. The SMILES string of the molecule is O=C(O)c1c(I)cc2c(c1Cl)CCO2. The van der Waals surface area contributed by atoms with Crippen molar-refractivity contribution in [3.63, 3.8) is 0 Å². The third-order valence-electron chi connectivity index (χ3n) is 2.10. The Hall–Kier alpha value is -0.490. The van der Waals surface area contributed by atoms with Crippen LogP contribution in [0.5, 0.6) is 5.75 Å². The number of fused-ring (bicyclic) bond motifs is 1. The highest BCUT2D eigenvalue weighted by atomic mass is 127. The quantitative estimate of drug-likeness (QED) is 0.808. The first-order valence-electron chi connectivity index (χ1n) is 3.98. The van der Waals surface area contributed by atoms with Crippen LogP contribution in [0.15, 0.2) is 6.07 Å². The molecule has 0 bridgehead atoms. The molecule has 0 radical (unpaired) electrons. The molecule has 0 saturated heterocycles. The molecule has 0 fully saturated rings. The van der Waals surface area contributed by atoms with Gasteiger partial charge in [0.2, 0.25) is 0 Å². The molecule has 0 saturated carbocycles. The number of hydrogen-bond donors (Lipinski definition) is 1. The Bertz CT molecular complexity index is 417. The van der Waals surface area contributed by atoms with Crippen LogP contribution in [-0.2, 0) is 6.42 Å². The molecule has 0 amide bonds. The molecule has 1 N–H and O–H groups in total. The van der Waals surface area contributed by atoms with Gasteiger partial charge in [-0.15, -0.1) is 0 Å². The standard InChI is InChI=1S/C9H6ClIO3/c10-8-4-1-2-14-6(4)3-5(11)7(8)9(12)13/h3H,1-2H2,(H,12,13). The Morgan fingerprint density at radius 1 is 1.64 bits per heavy atom. The lowest BCUT2D eigenvalue weighted by atomic mass is 10.1. The van der Waals surface area contributed by atoms with Crippen LogP contribution < -0.4 is 4.74 Å². The number of ether oxygens (including phenoxy) is 1. The van der Waals surface area contributed by atoms with Crippen molar-refractivity contribution in [2.24, 2.45) is 0 Å². The molecule has 0 aromatic heterocycles. The highest BCUT2D eigenvalue weighted by Crippen LogP contribution is 2.37. The predicted molar refractivity (Wildman–Crippen MR) is 60.3 cm³/mol. The summed E-state index contributed by atoms with van der Waals surface area (Å²) in [6, 6.07) is 1.72. The maximum Gasteiger partial charge on any atom is 0.338 e. The van der Waals surface area contributed by atoms with E-state index in [0.717, 1.165) is 5.56 Å². The lowest BCUT2D eigenvalue weighted by molar-refractivity contribution is 0.0696. The molecule has 3 nitrogen and oxygen atoms in total. The van der Waals surface area contributed by atoms with Crippen molar-refractivity contribution in [2.45, 2.75) is 6.42 Å². The average Bonchev–Trinajstić information content (AvgIpc) is 2.50. The van der Waals surface area contributed by atoms with E-state index in [-0.39, 0.29) is 5.56 Å². The molecule has 0 unspecified atom stereocenters. The van der Waals surface area contributed by atoms with E-state index < -0.39 is 5.97 Å². The van der Waals surface area contributed by atoms with E-state index in [1.54, 1.807) is 6.07 Å². The third kappa shape index (κ3) is 1.46. The van der Waals surface area contributed by atoms with E-state index in [1.165, 1.54) is 0 Å². The summed E-state index contributed by atoms with van der Waals surface area (Å²) in [5.41, 5.74) is 0.987. The van der Waals surface area contributed by atoms with Crippen LogP contribution in [0.4, 0.5) is 0 Å². The van der Waals surface area contributed by atoms with Crippen LogP contribution in [0.25, 0.3) is 0 Å². The second-order valence-electron chi connectivity index (χ2n) is 2.93. The fourth-order valence-corrected chi connectivity index (χ4v) is 2.77. The van der Waals surface area contributed by atoms with Gasteiger partial charge in [0.15, 0.2) is 0 Å². The molecular formula is C9H6ClIO3. The van der Waals surface area contributed by atoms with Gasteiger partial charge in [0.05, 0.1) is 17.2 Å². The highest BCUT2D eigenvalue weighted by molar-refractivity contribution is 14.1. The molecular weight excluding hydrogens is 318 g/mol. The summed E-state index contributed by atoms with van der Waals surface area (Å²) < 4.78 is 5.92. The summed E-state index contributed by atoms with van der Waals surface area (Å²) in [5, 5.41) is 9.26. The van der Waals surface area contributed by atoms with Crippen molar-refractivity contribution in [2.75, 3.05) is 6.61 Å². The lowest BCUT2D eigenvalue weighted by Gasteiger charge is -2.06. The molecule has 74 valence electrons. The zero-order chi connectivity index (χ0) is 10.3. The number of halogens is 2. The van der Waals surface area contributed by atoms with E-state index in [1.807, 2.05) is 22.6 Å². The fraction of sp³-hybridized carbons (Fsp3) is 0.222. The van der Waals surface area contributed by atoms with Gasteiger partial charge in [0, 0.05) is 15.6 Å². The Morgan fingerprint density at radius 2 is 2.36 bits per heavy atom. The van der Waals surface area contributed by atoms with Crippen molar-refractivity contribution in [1.29, 1.82) is 0 Å². The summed E-state index contributed by atoms with van der Waals surface area (Å²) in [7, 11) is 0. The summed E-state index contributed by atoms with van der Waals surface area (Å²) in [6.07, 6.45) is 0.686. The second kappa shape index (κ2) is 3.58. The highest BCUT2D eigenvalue weighted by Gasteiger charge is 2.23. The molecule has 0 spiro atoms. The minimum atomic E-state index is -0.992. The largest absolute Gasteiger partial charge is 0.493 e. The first-order valence-corrected chi connectivity index (χ1v) is 5.44. The van der Waals surface area contributed by atoms with E-state index in [2.05, 4.69) is 0 Å². The fourth-order valence-electron chi connectivity index (χ4n) is 1.46. The van der Waals surface area contributed by atoms with Gasteiger partial charge in [-0.05, 0) is 28.7 Å². The van der Waals surface area contributed by atoms with Crippen LogP contribution >= 0.6 is 34.2 Å². The summed E-state index contributed by atoms with van der Waals surface area (Å²) in [6.45, 7) is 0.578. The van der Waals surface area contributed by atoms with Crippen LogP contribution in [0.1, 0.15) is 15.9 Å². The number of hydrogen-bond acceptors (Lipinski definition) is 2. The van der Waals surface area contributed by atoms with E-state index >= 15 is 0 Å². The first kappa shape index (κ1) is 10.0. The molecule has 1 aliphatic heterocycles. The van der Waals surface area contributed by atoms with Crippen molar-refractivity contribution < 1.29 is 14.6 Å². The van der Waals surface area contributed by atoms with E-state index in [4.69, 9.17) is 21.4 Å². The number of aromatic carboxylic acids is 1. The van der Waals surface area contributed by atoms with Crippen LogP contribution in [0.3, 0.4) is 0 Å². The van der Waals surface area contributed by atoms with Crippen LogP contribution in [0.2, 0.25) is 5.02 Å². The third-order valence-corrected chi connectivity index (χ3v) is 3.37. The number of rotatable bonds is 1. The predicted octanol–water partition coefficient (Wildman–Crippen LogP) is 2.58. The molecule has 0 aliphatic carbocycles. The Balaban J connectivity index is 2.68. The molecule has 0 atom stereocenters. The minimum absolute atomic E-state index is 0.177. The topological polar surface area (TPSA) is 46.5 Å². The smallest absolute Gasteiger partial charge is 0.338 e. The molecule has 1 aromatic rings. The van der Waals surface area contributed by atoms with Crippen molar-refractivity contribution in [3.8, 4) is 5.75 Å². The van der Waals surface area contributed by atoms with Gasteiger partial charge >= 0.3 is 5.97 Å². The average molecular weight is 325 g/mol. The van der Waals surface area contributed by atoms with Gasteiger partial charge in [0.25, 0.3) is 0 Å². The van der Waals surface area contributed by atoms with Gasteiger partial charge in [0.1, 0.15) is 5.75 Å². The van der Waals surface area contributed by atoms with Gasteiger partial charge in [-0.1, -0.05) is 11.6 Å². The van der Waals surface area contributed by atoms with E-state index in [9.17, 15) is 4.79 Å². The number of carboxylic acid groups (broad SMARTS) is 1. The normalized spacial score (nSPS) is 13.6. The Morgan fingerprint density at radius 3 is 3.00 bits per heavy atom. The van der Waals surface area contributed by atoms with Crippen molar-refractivity contribution in [1.82, 2.24) is 0 Å². The van der Waals surface area contributed by atoms with Gasteiger partial charge in [-0.2, -0.15) is 0 Å². The zero-order valence-corrected chi connectivity index (χ0v) is 9.92.